The third-order valence-corrected chi connectivity index (χ3v) is 7.40. The molecule has 4 fully saturated rings. The molecule has 6 unspecified atom stereocenters. The Labute approximate surface area is 177 Å². The summed E-state index contributed by atoms with van der Waals surface area (Å²) in [6.45, 7) is 3.87. The van der Waals surface area contributed by atoms with Gasteiger partial charge in [0.05, 0.1) is 35.3 Å². The zero-order valence-electron chi connectivity index (χ0n) is 17.2. The highest BCUT2D eigenvalue weighted by Gasteiger charge is 2.78. The average Bonchev–Trinajstić information content (AvgIpc) is 3.25. The predicted molar refractivity (Wildman–Crippen MR) is 104 cm³/mol. The second-order valence-electron chi connectivity index (χ2n) is 9.02. The van der Waals surface area contributed by atoms with Gasteiger partial charge in [-0.1, -0.05) is 6.92 Å². The summed E-state index contributed by atoms with van der Waals surface area (Å²) < 4.78 is 52.6. The molecule has 4 heterocycles. The molecule has 0 saturated carbocycles. The number of nitrogen functional groups attached to an aromatic ring is 1. The minimum absolute atomic E-state index is 0.0973. The van der Waals surface area contributed by atoms with Crippen molar-refractivity contribution < 1.29 is 32.2 Å². The molecule has 10 heteroatoms. The summed E-state index contributed by atoms with van der Waals surface area (Å²) in [6.07, 6.45) is -3.94. The van der Waals surface area contributed by atoms with Gasteiger partial charge in [-0.25, -0.2) is 0 Å². The summed E-state index contributed by atoms with van der Waals surface area (Å²) in [5.41, 5.74) is 2.64. The van der Waals surface area contributed by atoms with E-state index in [1.807, 2.05) is 6.92 Å². The first-order valence-electron chi connectivity index (χ1n) is 10.4. The predicted octanol–water partition coefficient (Wildman–Crippen LogP) is 2.44. The Morgan fingerprint density at radius 1 is 1.39 bits per heavy atom. The molecule has 2 amide bonds. The van der Waals surface area contributed by atoms with Crippen molar-refractivity contribution in [2.45, 2.75) is 62.8 Å². The van der Waals surface area contributed by atoms with Gasteiger partial charge in [-0.05, 0) is 25.1 Å². The van der Waals surface area contributed by atoms with Gasteiger partial charge in [0, 0.05) is 36.6 Å². The number of carbonyl (C=O) groups is 2. The fourth-order valence-corrected chi connectivity index (χ4v) is 6.06. The van der Waals surface area contributed by atoms with E-state index in [9.17, 15) is 22.8 Å². The molecule has 1 aromatic rings. The van der Waals surface area contributed by atoms with E-state index in [2.05, 4.69) is 5.32 Å². The molecule has 0 aliphatic carbocycles. The van der Waals surface area contributed by atoms with Crippen LogP contribution in [0.2, 0.25) is 0 Å². The van der Waals surface area contributed by atoms with Crippen LogP contribution in [0.5, 0.6) is 0 Å². The highest BCUT2D eigenvalue weighted by atomic mass is 19.4. The van der Waals surface area contributed by atoms with Crippen molar-refractivity contribution in [1.29, 1.82) is 0 Å². The number of hydrogen-bond donors (Lipinski definition) is 2. The van der Waals surface area contributed by atoms with Gasteiger partial charge in [-0.2, -0.15) is 13.2 Å². The maximum atomic E-state index is 13.6. The van der Waals surface area contributed by atoms with E-state index < -0.39 is 40.8 Å². The lowest BCUT2D eigenvalue weighted by Crippen LogP contribution is -2.57. The summed E-state index contributed by atoms with van der Waals surface area (Å²) in [5.74, 6) is -1.43. The van der Waals surface area contributed by atoms with Gasteiger partial charge in [-0.15, -0.1) is 0 Å². The fourth-order valence-electron chi connectivity index (χ4n) is 6.06. The summed E-state index contributed by atoms with van der Waals surface area (Å²) in [7, 11) is 0. The number of anilines is 2. The Kier molecular flexibility index (Phi) is 4.21. The number of nitrogens with zero attached hydrogens (tertiary/aromatic N) is 1. The van der Waals surface area contributed by atoms with E-state index in [0.717, 1.165) is 12.1 Å². The van der Waals surface area contributed by atoms with Crippen LogP contribution < -0.4 is 16.0 Å². The lowest BCUT2D eigenvalue weighted by molar-refractivity contribution is -0.141. The van der Waals surface area contributed by atoms with Gasteiger partial charge < -0.3 is 20.5 Å². The standard InChI is InChI=1S/C21H24F3N3O4/c1-3-14(28)26-13-9-20-6-7-30-18-16(20)15(19(13,2)31-20)17(29)27(18)10-4-5-12(25)11(8-10)21(22,23)24/h4-5,8,13,15-16,18H,3,6-7,9,25H2,1-2H3,(H,26,28). The maximum absolute atomic E-state index is 13.6. The first-order chi connectivity index (χ1) is 14.5. The van der Waals surface area contributed by atoms with Crippen LogP contribution in [0.4, 0.5) is 24.5 Å². The second-order valence-corrected chi connectivity index (χ2v) is 9.02. The Hall–Kier alpha value is -2.33. The third kappa shape index (κ3) is 2.67. The molecule has 31 heavy (non-hydrogen) atoms. The molecule has 3 N–H and O–H groups in total. The SMILES string of the molecule is CCC(=O)NC1CC23CCOC4C2C(C(=O)N4c2ccc(N)c(C(F)(F)F)c2)C1(C)O3. The van der Waals surface area contributed by atoms with Crippen molar-refractivity contribution in [3.63, 3.8) is 0 Å². The smallest absolute Gasteiger partial charge is 0.398 e. The number of ether oxygens (including phenoxy) is 2. The lowest BCUT2D eigenvalue weighted by Gasteiger charge is -2.43. The Bertz CT molecular complexity index is 970. The number of fused-ring (bicyclic) bond motifs is 2. The first kappa shape index (κ1) is 20.6. The Balaban J connectivity index is 1.56. The molecule has 5 rings (SSSR count). The molecule has 1 spiro atoms. The van der Waals surface area contributed by atoms with Crippen LogP contribution in [-0.2, 0) is 25.2 Å². The number of benzene rings is 1. The molecule has 2 bridgehead atoms. The molecule has 0 aromatic heterocycles. The molecular formula is C21H24F3N3O4. The van der Waals surface area contributed by atoms with Crippen LogP contribution in [0.3, 0.4) is 0 Å². The van der Waals surface area contributed by atoms with Gasteiger partial charge in [0.15, 0.2) is 0 Å². The van der Waals surface area contributed by atoms with Crippen LogP contribution in [0.1, 0.15) is 38.7 Å². The van der Waals surface area contributed by atoms with Crippen molar-refractivity contribution in [3.8, 4) is 0 Å². The van der Waals surface area contributed by atoms with E-state index in [4.69, 9.17) is 15.2 Å². The molecule has 6 atom stereocenters. The number of carbonyl (C=O) groups excluding carboxylic acids is 2. The van der Waals surface area contributed by atoms with E-state index in [1.165, 1.54) is 11.0 Å². The number of rotatable bonds is 3. The molecule has 0 radical (unpaired) electrons. The Morgan fingerprint density at radius 3 is 2.81 bits per heavy atom. The summed E-state index contributed by atoms with van der Waals surface area (Å²) >= 11 is 0. The lowest BCUT2D eigenvalue weighted by atomic mass is 9.64. The van der Waals surface area contributed by atoms with Gasteiger partial charge in [0.25, 0.3) is 0 Å². The van der Waals surface area contributed by atoms with Gasteiger partial charge in [0.1, 0.15) is 6.23 Å². The van der Waals surface area contributed by atoms with Crippen LogP contribution >= 0.6 is 0 Å². The van der Waals surface area contributed by atoms with Crippen LogP contribution in [0.15, 0.2) is 18.2 Å². The van der Waals surface area contributed by atoms with E-state index >= 15 is 0 Å². The Morgan fingerprint density at radius 2 is 2.13 bits per heavy atom. The van der Waals surface area contributed by atoms with Crippen molar-refractivity contribution >= 4 is 23.2 Å². The van der Waals surface area contributed by atoms with Gasteiger partial charge in [0.2, 0.25) is 11.8 Å². The largest absolute Gasteiger partial charge is 0.418 e. The minimum Gasteiger partial charge on any atom is -0.398 e. The van der Waals surface area contributed by atoms with E-state index in [-0.39, 0.29) is 29.5 Å². The third-order valence-electron chi connectivity index (χ3n) is 7.40. The molecule has 4 aliphatic rings. The number of nitrogens with two attached hydrogens (primary N) is 1. The van der Waals surface area contributed by atoms with Crippen molar-refractivity contribution in [2.24, 2.45) is 11.8 Å². The van der Waals surface area contributed by atoms with Crippen molar-refractivity contribution in [1.82, 2.24) is 5.32 Å². The second kappa shape index (κ2) is 6.35. The molecule has 168 valence electrons. The molecule has 4 saturated heterocycles. The zero-order chi connectivity index (χ0) is 22.3. The zero-order valence-corrected chi connectivity index (χ0v) is 17.2. The van der Waals surface area contributed by atoms with Gasteiger partial charge >= 0.3 is 6.18 Å². The normalized spacial score (nSPS) is 38.5. The van der Waals surface area contributed by atoms with Gasteiger partial charge in [-0.3, -0.25) is 14.5 Å². The highest BCUT2D eigenvalue weighted by molar-refractivity contribution is 6.00. The number of nitrogens with one attached hydrogen (secondary N) is 1. The summed E-state index contributed by atoms with van der Waals surface area (Å²) in [5, 5.41) is 2.98. The monoisotopic (exact) mass is 439 g/mol. The molecule has 1 aromatic carbocycles. The van der Waals surface area contributed by atoms with Crippen molar-refractivity contribution in [3.05, 3.63) is 23.8 Å². The van der Waals surface area contributed by atoms with Crippen molar-refractivity contribution in [2.75, 3.05) is 17.2 Å². The first-order valence-corrected chi connectivity index (χ1v) is 10.4. The van der Waals surface area contributed by atoms with Crippen LogP contribution in [0.25, 0.3) is 0 Å². The van der Waals surface area contributed by atoms with Crippen LogP contribution in [-0.4, -0.2) is 41.9 Å². The number of amides is 2. The maximum Gasteiger partial charge on any atom is 0.418 e. The number of halogens is 3. The minimum atomic E-state index is -4.64. The highest BCUT2D eigenvalue weighted by Crippen LogP contribution is 2.65. The fraction of sp³-hybridized carbons (Fsp3) is 0.619. The summed E-state index contributed by atoms with van der Waals surface area (Å²) in [4.78, 5) is 27.0. The quantitative estimate of drug-likeness (QED) is 0.706. The summed E-state index contributed by atoms with van der Waals surface area (Å²) in [6, 6.07) is 3.13. The van der Waals surface area contributed by atoms with E-state index in [1.54, 1.807) is 6.92 Å². The average molecular weight is 439 g/mol. The number of alkyl halides is 3. The molecule has 4 aliphatic heterocycles. The van der Waals surface area contributed by atoms with E-state index in [0.29, 0.717) is 25.9 Å². The topological polar surface area (TPSA) is 93.9 Å². The van der Waals surface area contributed by atoms with Crippen LogP contribution in [0, 0.1) is 11.8 Å². The number of hydrogen-bond acceptors (Lipinski definition) is 5. The molecular weight excluding hydrogens is 415 g/mol. The molecule has 7 nitrogen and oxygen atoms in total.